The zero-order chi connectivity index (χ0) is 19.2. The summed E-state index contributed by atoms with van der Waals surface area (Å²) in [5, 5.41) is 19.5. The number of para-hydroxylation sites is 3. The van der Waals surface area contributed by atoms with Crippen molar-refractivity contribution in [3.05, 3.63) is 64.2 Å². The van der Waals surface area contributed by atoms with E-state index in [-0.39, 0.29) is 36.5 Å². The lowest BCUT2D eigenvalue weighted by Crippen LogP contribution is -2.27. The molecule has 3 N–H and O–H groups in total. The Hall–Kier alpha value is -3.42. The molecule has 2 aromatic carbocycles. The number of nitrogens with zero attached hydrogens (tertiary/aromatic N) is 1. The van der Waals surface area contributed by atoms with Crippen molar-refractivity contribution in [2.24, 2.45) is 0 Å². The second-order valence-electron chi connectivity index (χ2n) is 6.29. The van der Waals surface area contributed by atoms with Crippen LogP contribution in [-0.2, 0) is 4.79 Å². The topological polar surface area (TPSA) is 113 Å². The Labute approximate surface area is 156 Å². The Morgan fingerprint density at radius 3 is 2.41 bits per heavy atom. The maximum absolute atomic E-state index is 12.3. The van der Waals surface area contributed by atoms with Gasteiger partial charge in [-0.25, -0.2) is 0 Å². The highest BCUT2D eigenvalue weighted by molar-refractivity contribution is 6.04. The van der Waals surface area contributed by atoms with Crippen LogP contribution in [0.5, 0.6) is 0 Å². The molecule has 3 rings (SSSR count). The fourth-order valence-electron chi connectivity index (χ4n) is 2.59. The lowest BCUT2D eigenvalue weighted by atomic mass is 10.1. The van der Waals surface area contributed by atoms with Crippen LogP contribution < -0.4 is 16.0 Å². The third-order valence-corrected chi connectivity index (χ3v) is 4.13. The first-order valence-electron chi connectivity index (χ1n) is 8.71. The summed E-state index contributed by atoms with van der Waals surface area (Å²) in [5.41, 5.74) is 1.19. The molecule has 0 aliphatic heterocycles. The fourth-order valence-corrected chi connectivity index (χ4v) is 2.59. The SMILES string of the molecule is O=C(CCNc1ccccc1[N+](=O)[O-])Nc1ccccc1C(=O)NC1CC1. The highest BCUT2D eigenvalue weighted by Gasteiger charge is 2.25. The molecule has 8 heteroatoms. The van der Waals surface area contributed by atoms with Crippen LogP contribution in [-0.4, -0.2) is 29.3 Å². The standard InChI is InChI=1S/C19H20N4O4/c24-18(11-12-20-16-7-3-4-8-17(16)23(26)27)22-15-6-2-1-5-14(15)19(25)21-13-9-10-13/h1-8,13,20H,9-12H2,(H,21,25)(H,22,24). The molecule has 2 amide bonds. The summed E-state index contributed by atoms with van der Waals surface area (Å²) in [4.78, 5) is 35.0. The number of nitrogens with one attached hydrogen (secondary N) is 3. The van der Waals surface area contributed by atoms with E-state index in [1.54, 1.807) is 42.5 Å². The summed E-state index contributed by atoms with van der Waals surface area (Å²) >= 11 is 0. The summed E-state index contributed by atoms with van der Waals surface area (Å²) in [6, 6.07) is 13.3. The van der Waals surface area contributed by atoms with E-state index in [9.17, 15) is 19.7 Å². The molecule has 0 spiro atoms. The van der Waals surface area contributed by atoms with Crippen LogP contribution in [0.15, 0.2) is 48.5 Å². The lowest BCUT2D eigenvalue weighted by molar-refractivity contribution is -0.384. The molecule has 1 fully saturated rings. The average molecular weight is 368 g/mol. The molecule has 140 valence electrons. The molecule has 0 heterocycles. The third kappa shape index (κ3) is 5.04. The van der Waals surface area contributed by atoms with Gasteiger partial charge >= 0.3 is 0 Å². The van der Waals surface area contributed by atoms with Gasteiger partial charge in [0.2, 0.25) is 5.91 Å². The zero-order valence-electron chi connectivity index (χ0n) is 14.6. The smallest absolute Gasteiger partial charge is 0.292 e. The van der Waals surface area contributed by atoms with E-state index < -0.39 is 4.92 Å². The summed E-state index contributed by atoms with van der Waals surface area (Å²) in [6.45, 7) is 0.229. The van der Waals surface area contributed by atoms with E-state index >= 15 is 0 Å². The van der Waals surface area contributed by atoms with Gasteiger partial charge in [-0.1, -0.05) is 24.3 Å². The minimum Gasteiger partial charge on any atom is -0.379 e. The van der Waals surface area contributed by atoms with Crippen molar-refractivity contribution in [1.82, 2.24) is 5.32 Å². The van der Waals surface area contributed by atoms with E-state index in [0.717, 1.165) is 12.8 Å². The van der Waals surface area contributed by atoms with E-state index in [4.69, 9.17) is 0 Å². The highest BCUT2D eigenvalue weighted by atomic mass is 16.6. The number of benzene rings is 2. The monoisotopic (exact) mass is 368 g/mol. The van der Waals surface area contributed by atoms with Gasteiger partial charge in [-0.2, -0.15) is 0 Å². The summed E-state index contributed by atoms with van der Waals surface area (Å²) in [7, 11) is 0. The predicted molar refractivity (Wildman–Crippen MR) is 102 cm³/mol. The molecule has 1 aliphatic rings. The number of hydrogen-bond donors (Lipinski definition) is 3. The Bertz CT molecular complexity index is 864. The molecule has 0 radical (unpaired) electrons. The van der Waals surface area contributed by atoms with Gasteiger partial charge in [-0.15, -0.1) is 0 Å². The van der Waals surface area contributed by atoms with Crippen LogP contribution in [0, 0.1) is 10.1 Å². The van der Waals surface area contributed by atoms with Crippen molar-refractivity contribution in [1.29, 1.82) is 0 Å². The molecule has 0 bridgehead atoms. The van der Waals surface area contributed by atoms with Gasteiger partial charge in [-0.3, -0.25) is 19.7 Å². The maximum atomic E-state index is 12.3. The summed E-state index contributed by atoms with van der Waals surface area (Å²) in [6.07, 6.45) is 2.07. The third-order valence-electron chi connectivity index (χ3n) is 4.13. The van der Waals surface area contributed by atoms with Crippen molar-refractivity contribution in [3.8, 4) is 0 Å². The molecule has 27 heavy (non-hydrogen) atoms. The maximum Gasteiger partial charge on any atom is 0.292 e. The number of carbonyl (C=O) groups is 2. The molecule has 0 aromatic heterocycles. The molecular weight excluding hydrogens is 348 g/mol. The van der Waals surface area contributed by atoms with Gasteiger partial charge in [0.15, 0.2) is 0 Å². The van der Waals surface area contributed by atoms with Gasteiger partial charge in [0.1, 0.15) is 5.69 Å². The van der Waals surface area contributed by atoms with E-state index in [2.05, 4.69) is 16.0 Å². The Morgan fingerprint density at radius 1 is 1.04 bits per heavy atom. The largest absolute Gasteiger partial charge is 0.379 e. The van der Waals surface area contributed by atoms with Gasteiger partial charge in [0.25, 0.3) is 11.6 Å². The quantitative estimate of drug-likeness (QED) is 0.490. The first kappa shape index (κ1) is 18.4. The minimum atomic E-state index is -0.475. The van der Waals surface area contributed by atoms with Crippen molar-refractivity contribution in [3.63, 3.8) is 0 Å². The van der Waals surface area contributed by atoms with Crippen LogP contribution in [0.25, 0.3) is 0 Å². The Kier molecular flexibility index (Phi) is 5.65. The second kappa shape index (κ2) is 8.31. The molecule has 0 saturated heterocycles. The van der Waals surface area contributed by atoms with E-state index in [1.807, 2.05) is 0 Å². The Morgan fingerprint density at radius 2 is 1.70 bits per heavy atom. The molecular formula is C19H20N4O4. The van der Waals surface area contributed by atoms with Gasteiger partial charge in [0, 0.05) is 25.1 Å². The molecule has 2 aromatic rings. The van der Waals surface area contributed by atoms with E-state index in [0.29, 0.717) is 16.9 Å². The minimum absolute atomic E-state index is 0.0417. The van der Waals surface area contributed by atoms with Crippen LogP contribution in [0.2, 0.25) is 0 Å². The van der Waals surface area contributed by atoms with Crippen LogP contribution in [0.3, 0.4) is 0 Å². The molecule has 8 nitrogen and oxygen atoms in total. The summed E-state index contributed by atoms with van der Waals surface area (Å²) < 4.78 is 0. The molecule has 1 saturated carbocycles. The number of hydrogen-bond acceptors (Lipinski definition) is 5. The van der Waals surface area contributed by atoms with Gasteiger partial charge in [-0.05, 0) is 31.0 Å². The van der Waals surface area contributed by atoms with Gasteiger partial charge in [0.05, 0.1) is 16.2 Å². The first-order valence-corrected chi connectivity index (χ1v) is 8.71. The number of rotatable bonds is 8. The van der Waals surface area contributed by atoms with Crippen LogP contribution >= 0.6 is 0 Å². The number of nitro groups is 1. The number of nitro benzene ring substituents is 1. The summed E-state index contributed by atoms with van der Waals surface area (Å²) in [5.74, 6) is -0.487. The normalized spacial score (nSPS) is 12.9. The van der Waals surface area contributed by atoms with Crippen molar-refractivity contribution in [2.75, 3.05) is 17.2 Å². The van der Waals surface area contributed by atoms with Crippen molar-refractivity contribution < 1.29 is 14.5 Å². The average Bonchev–Trinajstić information content (AvgIpc) is 3.46. The van der Waals surface area contributed by atoms with Crippen molar-refractivity contribution >= 4 is 28.9 Å². The molecule has 0 unspecified atom stereocenters. The fraction of sp³-hybridized carbons (Fsp3) is 0.263. The van der Waals surface area contributed by atoms with E-state index in [1.165, 1.54) is 6.07 Å². The number of carbonyl (C=O) groups excluding carboxylic acids is 2. The zero-order valence-corrected chi connectivity index (χ0v) is 14.6. The predicted octanol–water partition coefficient (Wildman–Crippen LogP) is 2.93. The van der Waals surface area contributed by atoms with Crippen LogP contribution in [0.1, 0.15) is 29.6 Å². The molecule has 1 aliphatic carbocycles. The number of anilines is 2. The number of amides is 2. The van der Waals surface area contributed by atoms with Gasteiger partial charge < -0.3 is 16.0 Å². The van der Waals surface area contributed by atoms with Crippen LogP contribution in [0.4, 0.5) is 17.1 Å². The highest BCUT2D eigenvalue weighted by Crippen LogP contribution is 2.23. The van der Waals surface area contributed by atoms with Crippen molar-refractivity contribution in [2.45, 2.75) is 25.3 Å². The second-order valence-corrected chi connectivity index (χ2v) is 6.29. The molecule has 0 atom stereocenters. The Balaban J connectivity index is 1.56. The lowest BCUT2D eigenvalue weighted by Gasteiger charge is -2.11. The first-order chi connectivity index (χ1) is 13.0.